The second-order valence-electron chi connectivity index (χ2n) is 2.98. The number of carbonyl (C=O) groups is 1. The van der Waals surface area contributed by atoms with E-state index >= 15 is 0 Å². The van der Waals surface area contributed by atoms with Gasteiger partial charge in [0, 0.05) is 0 Å². The lowest BCUT2D eigenvalue weighted by molar-refractivity contribution is 0.0558. The summed E-state index contributed by atoms with van der Waals surface area (Å²) >= 11 is 0. The maximum Gasteiger partial charge on any atom is 0.394 e. The number of methoxy groups -OCH3 is 1. The van der Waals surface area contributed by atoms with Crippen molar-refractivity contribution >= 4 is 17.1 Å². The number of hydrogen-bond acceptors (Lipinski definition) is 4. The molecule has 4 heteroatoms. The monoisotopic (exact) mass is 191 g/mol. The molecule has 72 valence electrons. The number of fused-ring (bicyclic) bond motifs is 1. The molecule has 0 unspecified atom stereocenters. The molecule has 14 heavy (non-hydrogen) atoms. The van der Waals surface area contributed by atoms with Gasteiger partial charge in [0.1, 0.15) is 5.52 Å². The van der Waals surface area contributed by atoms with Crippen LogP contribution >= 0.6 is 0 Å². The highest BCUT2D eigenvalue weighted by atomic mass is 16.5. The van der Waals surface area contributed by atoms with Crippen molar-refractivity contribution in [2.24, 2.45) is 0 Å². The first-order chi connectivity index (χ1) is 6.70. The molecule has 4 nitrogen and oxygen atoms in total. The van der Waals surface area contributed by atoms with Gasteiger partial charge in [-0.1, -0.05) is 6.07 Å². The Labute approximate surface area is 80.5 Å². The number of rotatable bonds is 1. The summed E-state index contributed by atoms with van der Waals surface area (Å²) in [7, 11) is 1.29. The fourth-order valence-electron chi connectivity index (χ4n) is 1.21. The topological polar surface area (TPSA) is 52.3 Å². The average Bonchev–Trinajstić information content (AvgIpc) is 2.59. The number of benzene rings is 1. The van der Waals surface area contributed by atoms with Gasteiger partial charge in [0.25, 0.3) is 0 Å². The minimum absolute atomic E-state index is 0.00639. The Morgan fingerprint density at radius 2 is 2.29 bits per heavy atom. The molecule has 0 N–H and O–H groups in total. The second kappa shape index (κ2) is 3.14. The molecule has 0 aliphatic carbocycles. The van der Waals surface area contributed by atoms with E-state index in [0.717, 1.165) is 5.56 Å². The van der Waals surface area contributed by atoms with Gasteiger partial charge in [-0.3, -0.25) is 0 Å². The van der Waals surface area contributed by atoms with E-state index < -0.39 is 5.97 Å². The van der Waals surface area contributed by atoms with Crippen molar-refractivity contribution in [3.63, 3.8) is 0 Å². The van der Waals surface area contributed by atoms with E-state index in [0.29, 0.717) is 11.1 Å². The van der Waals surface area contributed by atoms with Crippen LogP contribution in [0, 0.1) is 6.92 Å². The second-order valence-corrected chi connectivity index (χ2v) is 2.98. The summed E-state index contributed by atoms with van der Waals surface area (Å²) in [6.07, 6.45) is 0. The molecule has 0 atom stereocenters. The van der Waals surface area contributed by atoms with Crippen LogP contribution in [-0.4, -0.2) is 18.1 Å². The molecule has 2 aromatic rings. The first kappa shape index (κ1) is 8.74. The van der Waals surface area contributed by atoms with Gasteiger partial charge in [-0.25, -0.2) is 9.78 Å². The Balaban J connectivity index is 2.56. The van der Waals surface area contributed by atoms with Crippen LogP contribution in [0.25, 0.3) is 11.1 Å². The van der Waals surface area contributed by atoms with Crippen LogP contribution in [0.2, 0.25) is 0 Å². The molecule has 2 rings (SSSR count). The summed E-state index contributed by atoms with van der Waals surface area (Å²) < 4.78 is 9.72. The lowest BCUT2D eigenvalue weighted by Gasteiger charge is -1.89. The van der Waals surface area contributed by atoms with Gasteiger partial charge in [-0.05, 0) is 24.6 Å². The predicted octanol–water partition coefficient (Wildman–Crippen LogP) is 1.92. The standard InChI is InChI=1S/C10H9NO3/c1-6-3-4-7-8(5-6)14-9(11-7)10(12)13-2/h3-5H,1-2H3. The summed E-state index contributed by atoms with van der Waals surface area (Å²) in [6.45, 7) is 1.94. The third-order valence-corrected chi connectivity index (χ3v) is 1.90. The van der Waals surface area contributed by atoms with Gasteiger partial charge in [-0.15, -0.1) is 0 Å². The summed E-state index contributed by atoms with van der Waals surface area (Å²) in [4.78, 5) is 15.1. The molecular formula is C10H9NO3. The molecule has 0 amide bonds. The fraction of sp³-hybridized carbons (Fsp3) is 0.200. The van der Waals surface area contributed by atoms with Crippen LogP contribution < -0.4 is 0 Å². The van der Waals surface area contributed by atoms with E-state index in [9.17, 15) is 4.79 Å². The number of hydrogen-bond donors (Lipinski definition) is 0. The van der Waals surface area contributed by atoms with Gasteiger partial charge >= 0.3 is 11.9 Å². The van der Waals surface area contributed by atoms with Gasteiger partial charge in [0.15, 0.2) is 5.58 Å². The third kappa shape index (κ3) is 1.35. The van der Waals surface area contributed by atoms with Gasteiger partial charge < -0.3 is 9.15 Å². The number of oxazole rings is 1. The smallest absolute Gasteiger partial charge is 0.394 e. The van der Waals surface area contributed by atoms with Gasteiger partial charge in [0.05, 0.1) is 7.11 Å². The number of nitrogens with zero attached hydrogens (tertiary/aromatic N) is 1. The SMILES string of the molecule is COC(=O)c1nc2ccc(C)cc2o1. The zero-order valence-electron chi connectivity index (χ0n) is 7.90. The zero-order chi connectivity index (χ0) is 10.1. The maximum atomic E-state index is 11.1. The normalized spacial score (nSPS) is 10.4. The fourth-order valence-corrected chi connectivity index (χ4v) is 1.21. The van der Waals surface area contributed by atoms with Gasteiger partial charge in [-0.2, -0.15) is 0 Å². The number of ether oxygens (including phenoxy) is 1. The first-order valence-electron chi connectivity index (χ1n) is 4.16. The molecule has 0 aliphatic heterocycles. The van der Waals surface area contributed by atoms with Crippen molar-refractivity contribution in [2.45, 2.75) is 6.92 Å². The van der Waals surface area contributed by atoms with Crippen molar-refractivity contribution in [1.82, 2.24) is 4.98 Å². The van der Waals surface area contributed by atoms with E-state index in [1.807, 2.05) is 19.1 Å². The number of esters is 1. The Hall–Kier alpha value is -1.84. The summed E-state index contributed by atoms with van der Waals surface area (Å²) in [5, 5.41) is 0. The molecule has 0 bridgehead atoms. The molecule has 0 fully saturated rings. The number of aromatic nitrogens is 1. The van der Waals surface area contributed by atoms with Crippen molar-refractivity contribution in [1.29, 1.82) is 0 Å². The van der Waals surface area contributed by atoms with Crippen molar-refractivity contribution < 1.29 is 13.9 Å². The number of carbonyl (C=O) groups excluding carboxylic acids is 1. The first-order valence-corrected chi connectivity index (χ1v) is 4.16. The quantitative estimate of drug-likeness (QED) is 0.646. The summed E-state index contributed by atoms with van der Waals surface area (Å²) in [5.41, 5.74) is 2.33. The van der Waals surface area contributed by atoms with E-state index in [4.69, 9.17) is 4.42 Å². The molecule has 0 saturated heterocycles. The largest absolute Gasteiger partial charge is 0.462 e. The van der Waals surface area contributed by atoms with Crippen LogP contribution in [0.4, 0.5) is 0 Å². The van der Waals surface area contributed by atoms with E-state index in [2.05, 4.69) is 9.72 Å². The van der Waals surface area contributed by atoms with Crippen molar-refractivity contribution in [3.8, 4) is 0 Å². The highest BCUT2D eigenvalue weighted by Crippen LogP contribution is 2.17. The highest BCUT2D eigenvalue weighted by molar-refractivity contribution is 5.88. The maximum absolute atomic E-state index is 11.1. The molecule has 0 aliphatic rings. The minimum Gasteiger partial charge on any atom is -0.462 e. The summed E-state index contributed by atoms with van der Waals surface area (Å²) in [5.74, 6) is -0.563. The van der Waals surface area contributed by atoms with Crippen molar-refractivity contribution in [2.75, 3.05) is 7.11 Å². The number of aryl methyl sites for hydroxylation is 1. The molecule has 1 aromatic carbocycles. The molecule has 0 radical (unpaired) electrons. The third-order valence-electron chi connectivity index (χ3n) is 1.90. The van der Waals surface area contributed by atoms with E-state index in [1.54, 1.807) is 6.07 Å². The van der Waals surface area contributed by atoms with E-state index in [1.165, 1.54) is 7.11 Å². The van der Waals surface area contributed by atoms with Gasteiger partial charge in [0.2, 0.25) is 0 Å². The Kier molecular flexibility index (Phi) is 1.96. The van der Waals surface area contributed by atoms with E-state index in [-0.39, 0.29) is 5.89 Å². The minimum atomic E-state index is -0.557. The highest BCUT2D eigenvalue weighted by Gasteiger charge is 2.13. The molecule has 1 heterocycles. The molecule has 1 aromatic heterocycles. The lowest BCUT2D eigenvalue weighted by Crippen LogP contribution is -2.00. The van der Waals surface area contributed by atoms with Crippen LogP contribution in [0.3, 0.4) is 0 Å². The van der Waals surface area contributed by atoms with Crippen LogP contribution in [-0.2, 0) is 4.74 Å². The molecule has 0 saturated carbocycles. The summed E-state index contributed by atoms with van der Waals surface area (Å²) in [6, 6.07) is 5.54. The predicted molar refractivity (Wildman–Crippen MR) is 50.1 cm³/mol. The molecular weight excluding hydrogens is 182 g/mol. The Bertz CT molecular complexity index is 487. The Morgan fingerprint density at radius 3 is 3.00 bits per heavy atom. The van der Waals surface area contributed by atoms with Crippen molar-refractivity contribution in [3.05, 3.63) is 29.7 Å². The lowest BCUT2D eigenvalue weighted by atomic mass is 10.2. The van der Waals surface area contributed by atoms with Crippen LogP contribution in [0.15, 0.2) is 22.6 Å². The zero-order valence-corrected chi connectivity index (χ0v) is 7.90. The Morgan fingerprint density at radius 1 is 1.50 bits per heavy atom. The average molecular weight is 191 g/mol. The van der Waals surface area contributed by atoms with Crippen LogP contribution in [0.1, 0.15) is 16.2 Å². The molecule has 0 spiro atoms. The van der Waals surface area contributed by atoms with Crippen LogP contribution in [0.5, 0.6) is 0 Å².